The van der Waals surface area contributed by atoms with E-state index in [-0.39, 0.29) is 0 Å². The Bertz CT molecular complexity index is 214. The maximum absolute atomic E-state index is 3.70. The Kier molecular flexibility index (Phi) is 2.27. The van der Waals surface area contributed by atoms with Gasteiger partial charge in [0.25, 0.3) is 0 Å². The lowest BCUT2D eigenvalue weighted by atomic mass is 10.0. The first-order chi connectivity index (χ1) is 4.86. The molecule has 0 unspecified atom stereocenters. The Balaban J connectivity index is 2.72. The Hall–Kier alpha value is -1.04. The fourth-order valence-electron chi connectivity index (χ4n) is 0.940. The first-order valence-corrected chi connectivity index (χ1v) is 3.52. The second-order valence-electron chi connectivity index (χ2n) is 2.31. The van der Waals surface area contributed by atoms with E-state index in [1.807, 2.05) is 6.08 Å². The molecule has 0 radical (unpaired) electrons. The SMILES string of the molecule is C=CC1=CCC(=CC)C=C1. The standard InChI is InChI=1S/C10H12/c1-3-9-5-7-10(4-2)8-6-9/h3-7H,1,8H2,2H3. The lowest BCUT2D eigenvalue weighted by Gasteiger charge is -2.03. The van der Waals surface area contributed by atoms with Crippen molar-refractivity contribution >= 4 is 0 Å². The minimum absolute atomic E-state index is 1.05. The van der Waals surface area contributed by atoms with Crippen LogP contribution in [0.2, 0.25) is 0 Å². The van der Waals surface area contributed by atoms with E-state index in [9.17, 15) is 0 Å². The van der Waals surface area contributed by atoms with Gasteiger partial charge < -0.3 is 0 Å². The predicted molar refractivity (Wildman–Crippen MR) is 45.8 cm³/mol. The molecule has 0 spiro atoms. The van der Waals surface area contributed by atoms with Gasteiger partial charge in [0.15, 0.2) is 0 Å². The summed E-state index contributed by atoms with van der Waals surface area (Å²) in [5.41, 5.74) is 2.61. The highest BCUT2D eigenvalue weighted by Gasteiger charge is 1.95. The lowest BCUT2D eigenvalue weighted by Crippen LogP contribution is -1.83. The van der Waals surface area contributed by atoms with Gasteiger partial charge >= 0.3 is 0 Å². The van der Waals surface area contributed by atoms with Gasteiger partial charge in [0.05, 0.1) is 0 Å². The molecule has 0 saturated carbocycles. The Morgan fingerprint density at radius 2 is 2.30 bits per heavy atom. The van der Waals surface area contributed by atoms with Crippen LogP contribution in [0, 0.1) is 0 Å². The zero-order valence-electron chi connectivity index (χ0n) is 6.30. The highest BCUT2D eigenvalue weighted by Crippen LogP contribution is 2.15. The van der Waals surface area contributed by atoms with E-state index in [2.05, 4.69) is 37.8 Å². The van der Waals surface area contributed by atoms with E-state index in [0.717, 1.165) is 6.42 Å². The summed E-state index contributed by atoms with van der Waals surface area (Å²) in [6.45, 7) is 5.76. The second-order valence-corrected chi connectivity index (χ2v) is 2.31. The van der Waals surface area contributed by atoms with Crippen molar-refractivity contribution in [1.29, 1.82) is 0 Å². The van der Waals surface area contributed by atoms with E-state index < -0.39 is 0 Å². The van der Waals surface area contributed by atoms with Crippen LogP contribution in [-0.4, -0.2) is 0 Å². The Labute approximate surface area is 62.3 Å². The van der Waals surface area contributed by atoms with Crippen LogP contribution in [0.1, 0.15) is 13.3 Å². The molecule has 0 heteroatoms. The topological polar surface area (TPSA) is 0 Å². The first-order valence-electron chi connectivity index (χ1n) is 3.52. The average molecular weight is 132 g/mol. The van der Waals surface area contributed by atoms with Crippen LogP contribution in [-0.2, 0) is 0 Å². The third-order valence-electron chi connectivity index (χ3n) is 1.67. The molecule has 0 fully saturated rings. The Morgan fingerprint density at radius 1 is 1.50 bits per heavy atom. The van der Waals surface area contributed by atoms with Crippen molar-refractivity contribution in [3.8, 4) is 0 Å². The molecule has 0 aromatic rings. The van der Waals surface area contributed by atoms with Gasteiger partial charge in [0.1, 0.15) is 0 Å². The lowest BCUT2D eigenvalue weighted by molar-refractivity contribution is 1.23. The fraction of sp³-hybridized carbons (Fsp3) is 0.200. The quantitative estimate of drug-likeness (QED) is 0.514. The zero-order chi connectivity index (χ0) is 7.40. The summed E-state index contributed by atoms with van der Waals surface area (Å²) >= 11 is 0. The summed E-state index contributed by atoms with van der Waals surface area (Å²) in [6, 6.07) is 0. The molecule has 1 aliphatic rings. The molecular formula is C10H12. The second kappa shape index (κ2) is 3.21. The third kappa shape index (κ3) is 1.47. The van der Waals surface area contributed by atoms with Crippen LogP contribution in [0.25, 0.3) is 0 Å². The van der Waals surface area contributed by atoms with Crippen LogP contribution >= 0.6 is 0 Å². The smallest absolute Gasteiger partial charge is 0.00917 e. The molecule has 0 aliphatic heterocycles. The van der Waals surface area contributed by atoms with Crippen molar-refractivity contribution in [3.05, 3.63) is 48.1 Å². The van der Waals surface area contributed by atoms with Gasteiger partial charge in [-0.3, -0.25) is 0 Å². The van der Waals surface area contributed by atoms with Crippen LogP contribution in [0.4, 0.5) is 0 Å². The van der Waals surface area contributed by atoms with Crippen molar-refractivity contribution in [2.24, 2.45) is 0 Å². The van der Waals surface area contributed by atoms with Gasteiger partial charge in [0, 0.05) is 0 Å². The maximum Gasteiger partial charge on any atom is -0.00917 e. The monoisotopic (exact) mass is 132 g/mol. The number of rotatable bonds is 1. The molecule has 0 atom stereocenters. The molecule has 1 rings (SSSR count). The average Bonchev–Trinajstić information content (AvgIpc) is 2.05. The van der Waals surface area contributed by atoms with E-state index >= 15 is 0 Å². The van der Waals surface area contributed by atoms with E-state index in [4.69, 9.17) is 0 Å². The normalized spacial score (nSPS) is 20.9. The highest BCUT2D eigenvalue weighted by atomic mass is 14.0. The molecule has 1 aliphatic carbocycles. The maximum atomic E-state index is 3.70. The van der Waals surface area contributed by atoms with Crippen molar-refractivity contribution in [1.82, 2.24) is 0 Å². The van der Waals surface area contributed by atoms with Gasteiger partial charge in [-0.15, -0.1) is 0 Å². The molecule has 0 saturated heterocycles. The summed E-state index contributed by atoms with van der Waals surface area (Å²) in [5, 5.41) is 0. The summed E-state index contributed by atoms with van der Waals surface area (Å²) in [6.07, 6.45) is 11.5. The van der Waals surface area contributed by atoms with Gasteiger partial charge in [-0.1, -0.05) is 37.0 Å². The van der Waals surface area contributed by atoms with E-state index in [1.54, 1.807) is 0 Å². The van der Waals surface area contributed by atoms with Crippen LogP contribution < -0.4 is 0 Å². The molecule has 10 heavy (non-hydrogen) atoms. The molecule has 0 nitrogen and oxygen atoms in total. The van der Waals surface area contributed by atoms with Crippen molar-refractivity contribution in [2.75, 3.05) is 0 Å². The molecular weight excluding hydrogens is 120 g/mol. The van der Waals surface area contributed by atoms with E-state index in [1.165, 1.54) is 11.1 Å². The molecule has 0 amide bonds. The number of hydrogen-bond acceptors (Lipinski definition) is 0. The van der Waals surface area contributed by atoms with Gasteiger partial charge in [-0.25, -0.2) is 0 Å². The summed E-state index contributed by atoms with van der Waals surface area (Å²) in [5.74, 6) is 0. The van der Waals surface area contributed by atoms with Crippen LogP contribution in [0.15, 0.2) is 48.1 Å². The van der Waals surface area contributed by atoms with Crippen molar-refractivity contribution in [2.45, 2.75) is 13.3 Å². The van der Waals surface area contributed by atoms with Crippen LogP contribution in [0.5, 0.6) is 0 Å². The van der Waals surface area contributed by atoms with Gasteiger partial charge in [-0.2, -0.15) is 0 Å². The fourth-order valence-corrected chi connectivity index (χ4v) is 0.940. The number of allylic oxidation sites excluding steroid dienone is 7. The number of hydrogen-bond donors (Lipinski definition) is 0. The van der Waals surface area contributed by atoms with Gasteiger partial charge in [0.2, 0.25) is 0 Å². The van der Waals surface area contributed by atoms with Crippen LogP contribution in [0.3, 0.4) is 0 Å². The first kappa shape index (κ1) is 7.07. The molecule has 0 heterocycles. The van der Waals surface area contributed by atoms with Crippen molar-refractivity contribution < 1.29 is 0 Å². The largest absolute Gasteiger partial charge is 0.0985 e. The molecule has 0 aromatic carbocycles. The minimum Gasteiger partial charge on any atom is -0.0985 e. The summed E-state index contributed by atoms with van der Waals surface area (Å²) in [7, 11) is 0. The van der Waals surface area contributed by atoms with Crippen molar-refractivity contribution in [3.63, 3.8) is 0 Å². The summed E-state index contributed by atoms with van der Waals surface area (Å²) < 4.78 is 0. The van der Waals surface area contributed by atoms with Gasteiger partial charge in [-0.05, 0) is 24.5 Å². The zero-order valence-corrected chi connectivity index (χ0v) is 6.30. The van der Waals surface area contributed by atoms with E-state index in [0.29, 0.717) is 0 Å². The molecule has 0 aromatic heterocycles. The highest BCUT2D eigenvalue weighted by molar-refractivity contribution is 5.39. The summed E-state index contributed by atoms with van der Waals surface area (Å²) in [4.78, 5) is 0. The molecule has 52 valence electrons. The Morgan fingerprint density at radius 3 is 2.70 bits per heavy atom. The molecule has 0 bridgehead atoms. The molecule has 0 N–H and O–H groups in total. The predicted octanol–water partition coefficient (Wildman–Crippen LogP) is 3.01. The minimum atomic E-state index is 1.05. The third-order valence-corrected chi connectivity index (χ3v) is 1.67.